The number of esters is 1. The summed E-state index contributed by atoms with van der Waals surface area (Å²) in [5.41, 5.74) is -0.0118. The van der Waals surface area contributed by atoms with Gasteiger partial charge in [-0.25, -0.2) is 14.6 Å². The molecule has 0 aliphatic carbocycles. The fourth-order valence-electron chi connectivity index (χ4n) is 2.77. The molecular weight excluding hydrogens is 486 g/mol. The average Bonchev–Trinajstić information content (AvgIpc) is 3.21. The number of ether oxygens (including phenoxy) is 1. The largest absolute Gasteiger partial charge is 0.477 e. The highest BCUT2D eigenvalue weighted by Crippen LogP contribution is 2.41. The molecule has 1 aromatic heterocycles. The van der Waals surface area contributed by atoms with Crippen LogP contribution in [0.1, 0.15) is 26.6 Å². The summed E-state index contributed by atoms with van der Waals surface area (Å²) in [6.07, 6.45) is 0. The molecule has 1 unspecified atom stereocenters. The normalized spacial score (nSPS) is 20.9. The number of rotatable bonds is 7. The van der Waals surface area contributed by atoms with E-state index in [4.69, 9.17) is 21.2 Å². The van der Waals surface area contributed by atoms with Crippen LogP contribution in [-0.4, -0.2) is 78.2 Å². The Balaban J connectivity index is 1.70. The van der Waals surface area contributed by atoms with Crippen LogP contribution in [0.25, 0.3) is 0 Å². The van der Waals surface area contributed by atoms with Gasteiger partial charge in [0, 0.05) is 5.75 Å². The van der Waals surface area contributed by atoms with Gasteiger partial charge in [-0.2, -0.15) is 4.37 Å². The number of nitrogens with zero attached hydrogens (tertiary/aromatic N) is 4. The van der Waals surface area contributed by atoms with Gasteiger partial charge in [0.2, 0.25) is 18.1 Å². The number of carboxylic acids is 1. The van der Waals surface area contributed by atoms with Crippen LogP contribution in [0, 0.1) is 0 Å². The summed E-state index contributed by atoms with van der Waals surface area (Å²) in [6, 6.07) is -1.01. The minimum absolute atomic E-state index is 0.0429. The summed E-state index contributed by atoms with van der Waals surface area (Å²) in [5.74, 6) is -3.37. The van der Waals surface area contributed by atoms with Crippen LogP contribution in [0.5, 0.6) is 0 Å². The molecule has 2 N–H and O–H groups in total. The zero-order chi connectivity index (χ0) is 23.6. The number of hydrogen-bond acceptors (Lipinski definition) is 11. The molecule has 0 spiro atoms. The third-order valence-electron chi connectivity index (χ3n) is 3.96. The SMILES string of the molecule is CC(C)(C)OC(=O)CON=C(C(=O)NC1C(=O)N2C(C(=O)O)=C(Cl)CS[C@H]12)c1ncsn1. The number of aromatic nitrogens is 2. The number of hydrogen-bond donors (Lipinski definition) is 2. The Labute approximate surface area is 195 Å². The molecule has 172 valence electrons. The molecule has 15 heteroatoms. The number of nitrogens with one attached hydrogen (secondary N) is 1. The average molecular weight is 504 g/mol. The first-order valence-corrected chi connectivity index (χ1v) is 11.3. The second-order valence-electron chi connectivity index (χ2n) is 7.47. The van der Waals surface area contributed by atoms with E-state index >= 15 is 0 Å². The minimum atomic E-state index is -1.33. The van der Waals surface area contributed by atoms with Crippen molar-refractivity contribution in [3.63, 3.8) is 0 Å². The topological polar surface area (TPSA) is 160 Å². The fraction of sp³-hybridized carbons (Fsp3) is 0.471. The van der Waals surface area contributed by atoms with E-state index in [1.165, 1.54) is 17.3 Å². The van der Waals surface area contributed by atoms with Crippen molar-refractivity contribution >= 4 is 64.4 Å². The summed E-state index contributed by atoms with van der Waals surface area (Å²) in [4.78, 5) is 58.4. The van der Waals surface area contributed by atoms with Gasteiger partial charge in [-0.3, -0.25) is 14.5 Å². The van der Waals surface area contributed by atoms with Crippen LogP contribution in [0.15, 0.2) is 21.4 Å². The number of fused-ring (bicyclic) bond motifs is 1. The number of amides is 2. The Morgan fingerprint density at radius 1 is 1.41 bits per heavy atom. The van der Waals surface area contributed by atoms with Crippen LogP contribution in [0.3, 0.4) is 0 Å². The molecule has 1 saturated heterocycles. The lowest BCUT2D eigenvalue weighted by molar-refractivity contribution is -0.160. The summed E-state index contributed by atoms with van der Waals surface area (Å²) in [6.45, 7) is 4.50. The third kappa shape index (κ3) is 5.19. The highest BCUT2D eigenvalue weighted by molar-refractivity contribution is 8.00. The molecule has 0 saturated carbocycles. The van der Waals surface area contributed by atoms with Gasteiger partial charge in [-0.15, -0.1) is 11.8 Å². The molecule has 2 aliphatic heterocycles. The predicted octanol–water partition coefficient (Wildman–Crippen LogP) is 0.535. The summed E-state index contributed by atoms with van der Waals surface area (Å²) < 4.78 is 9.03. The van der Waals surface area contributed by atoms with Gasteiger partial charge in [0.15, 0.2) is 0 Å². The molecule has 2 atom stereocenters. The van der Waals surface area contributed by atoms with Crippen molar-refractivity contribution in [1.82, 2.24) is 19.6 Å². The highest BCUT2D eigenvalue weighted by atomic mass is 35.5. The lowest BCUT2D eigenvalue weighted by Crippen LogP contribution is -2.71. The molecule has 2 amide bonds. The second-order valence-corrected chi connectivity index (χ2v) is 9.64. The number of carbonyl (C=O) groups is 4. The minimum Gasteiger partial charge on any atom is -0.477 e. The van der Waals surface area contributed by atoms with Gasteiger partial charge in [0.1, 0.15) is 28.2 Å². The molecule has 3 rings (SSSR count). The second kappa shape index (κ2) is 9.42. The number of oxime groups is 1. The van der Waals surface area contributed by atoms with Crippen LogP contribution in [0.2, 0.25) is 0 Å². The Morgan fingerprint density at radius 3 is 2.72 bits per heavy atom. The number of halogens is 1. The van der Waals surface area contributed by atoms with E-state index in [-0.39, 0.29) is 28.0 Å². The maximum absolute atomic E-state index is 12.8. The van der Waals surface area contributed by atoms with E-state index in [1.807, 2.05) is 0 Å². The van der Waals surface area contributed by atoms with Crippen molar-refractivity contribution < 1.29 is 33.9 Å². The molecule has 12 nitrogen and oxygen atoms in total. The van der Waals surface area contributed by atoms with Crippen LogP contribution in [0.4, 0.5) is 0 Å². The molecule has 32 heavy (non-hydrogen) atoms. The van der Waals surface area contributed by atoms with E-state index in [0.29, 0.717) is 0 Å². The summed E-state index contributed by atoms with van der Waals surface area (Å²) in [7, 11) is 0. The fourth-order valence-corrected chi connectivity index (χ4v) is 4.75. The van der Waals surface area contributed by atoms with Gasteiger partial charge < -0.3 is 20.0 Å². The third-order valence-corrected chi connectivity index (χ3v) is 6.19. The first-order chi connectivity index (χ1) is 15.0. The van der Waals surface area contributed by atoms with Gasteiger partial charge >= 0.3 is 11.9 Å². The maximum atomic E-state index is 12.8. The van der Waals surface area contributed by atoms with E-state index in [9.17, 15) is 24.3 Å². The highest BCUT2D eigenvalue weighted by Gasteiger charge is 2.54. The molecular formula is C17H18ClN5O7S2. The van der Waals surface area contributed by atoms with Gasteiger partial charge in [0.05, 0.1) is 5.03 Å². The number of carbonyl (C=O) groups excluding carboxylic acids is 3. The lowest BCUT2D eigenvalue weighted by atomic mass is 10.0. The predicted molar refractivity (Wildman–Crippen MR) is 114 cm³/mol. The zero-order valence-corrected chi connectivity index (χ0v) is 19.4. The molecule has 0 radical (unpaired) electrons. The van der Waals surface area contributed by atoms with E-state index in [1.54, 1.807) is 20.8 Å². The number of β-lactam (4-membered cyclic amide) rings is 1. The monoisotopic (exact) mass is 503 g/mol. The quantitative estimate of drug-likeness (QED) is 0.232. The Morgan fingerprint density at radius 2 is 2.12 bits per heavy atom. The van der Waals surface area contributed by atoms with E-state index < -0.39 is 47.4 Å². The molecule has 2 aliphatic rings. The van der Waals surface area contributed by atoms with Crippen LogP contribution >= 0.6 is 34.9 Å². The van der Waals surface area contributed by atoms with Crippen molar-refractivity contribution in [2.45, 2.75) is 37.8 Å². The maximum Gasteiger partial charge on any atom is 0.353 e. The van der Waals surface area contributed by atoms with Crippen molar-refractivity contribution in [3.8, 4) is 0 Å². The van der Waals surface area contributed by atoms with Crippen molar-refractivity contribution in [1.29, 1.82) is 0 Å². The first-order valence-electron chi connectivity index (χ1n) is 9.05. The summed E-state index contributed by atoms with van der Waals surface area (Å²) >= 11 is 8.11. The van der Waals surface area contributed by atoms with E-state index in [2.05, 4.69) is 19.8 Å². The van der Waals surface area contributed by atoms with Crippen LogP contribution < -0.4 is 5.32 Å². The lowest BCUT2D eigenvalue weighted by Gasteiger charge is -2.48. The molecule has 3 heterocycles. The molecule has 1 fully saturated rings. The number of carboxylic acid groups (broad SMARTS) is 1. The van der Waals surface area contributed by atoms with E-state index in [0.717, 1.165) is 16.4 Å². The van der Waals surface area contributed by atoms with Crippen molar-refractivity contribution in [3.05, 3.63) is 22.1 Å². The Bertz CT molecular complexity index is 1010. The van der Waals surface area contributed by atoms with Gasteiger partial charge in [0.25, 0.3) is 11.8 Å². The molecule has 0 bridgehead atoms. The Hall–Kier alpha value is -2.71. The van der Waals surface area contributed by atoms with Gasteiger partial charge in [-0.05, 0) is 32.3 Å². The number of thioether (sulfide) groups is 1. The number of aliphatic carboxylic acids is 1. The standard InChI is InChI=1S/C17H18ClN5O7S2/c1-17(2,3)30-8(24)4-29-21-9(12-19-6-32-22-12)13(25)20-10-14(26)23-11(16(27)28)7(18)5-31-15(10)23/h6,10,15H,4-5H2,1-3H3,(H,20,25)(H,27,28)/t10?,15-/m1/s1. The van der Waals surface area contributed by atoms with Gasteiger partial charge in [-0.1, -0.05) is 16.8 Å². The van der Waals surface area contributed by atoms with Crippen LogP contribution in [-0.2, 0) is 28.8 Å². The smallest absolute Gasteiger partial charge is 0.353 e. The Kier molecular flexibility index (Phi) is 7.05. The zero-order valence-electron chi connectivity index (χ0n) is 17.0. The van der Waals surface area contributed by atoms with Crippen molar-refractivity contribution in [2.75, 3.05) is 12.4 Å². The molecule has 1 aromatic rings. The molecule has 0 aromatic carbocycles. The first kappa shape index (κ1) is 23.9. The van der Waals surface area contributed by atoms with Crippen molar-refractivity contribution in [2.24, 2.45) is 5.16 Å². The summed E-state index contributed by atoms with van der Waals surface area (Å²) in [5, 5.41) is 14.9.